The SMILES string of the molecule is CCCNS(=O)(=O)c1ccc2c(c1)CC(N(Cc1cc(Cl)ccc1OCCOC)C(=O)C(C)(C)C)C2. The van der Waals surface area contributed by atoms with Gasteiger partial charge in [-0.15, -0.1) is 0 Å². The van der Waals surface area contributed by atoms with Crippen LogP contribution in [-0.4, -0.2) is 52.1 Å². The second kappa shape index (κ2) is 11.9. The molecule has 3 rings (SSSR count). The van der Waals surface area contributed by atoms with Gasteiger partial charge in [-0.05, 0) is 60.7 Å². The maximum Gasteiger partial charge on any atom is 0.240 e. The average Bonchev–Trinajstić information content (AvgIpc) is 3.24. The summed E-state index contributed by atoms with van der Waals surface area (Å²) in [7, 11) is -1.95. The molecule has 1 unspecified atom stereocenters. The molecule has 1 amide bonds. The van der Waals surface area contributed by atoms with E-state index in [1.165, 1.54) is 0 Å². The number of halogens is 1. The monoisotopic (exact) mass is 536 g/mol. The van der Waals surface area contributed by atoms with Crippen molar-refractivity contribution in [2.24, 2.45) is 5.41 Å². The van der Waals surface area contributed by atoms with Crippen LogP contribution in [0.3, 0.4) is 0 Å². The van der Waals surface area contributed by atoms with Crippen molar-refractivity contribution < 1.29 is 22.7 Å². The van der Waals surface area contributed by atoms with Gasteiger partial charge in [-0.1, -0.05) is 45.4 Å². The number of sulfonamides is 1. The van der Waals surface area contributed by atoms with Gasteiger partial charge in [-0.25, -0.2) is 13.1 Å². The molecule has 198 valence electrons. The lowest BCUT2D eigenvalue weighted by Gasteiger charge is -2.35. The number of benzene rings is 2. The van der Waals surface area contributed by atoms with Crippen molar-refractivity contribution in [2.45, 2.75) is 64.4 Å². The van der Waals surface area contributed by atoms with Gasteiger partial charge in [0.1, 0.15) is 12.4 Å². The maximum absolute atomic E-state index is 13.6. The highest BCUT2D eigenvalue weighted by atomic mass is 35.5. The number of methoxy groups -OCH3 is 1. The molecule has 1 aliphatic carbocycles. The fraction of sp³-hybridized carbons (Fsp3) is 0.519. The molecule has 0 radical (unpaired) electrons. The summed E-state index contributed by atoms with van der Waals surface area (Å²) in [6, 6.07) is 10.6. The van der Waals surface area contributed by atoms with Crippen LogP contribution in [0.5, 0.6) is 5.75 Å². The molecule has 7 nitrogen and oxygen atoms in total. The highest BCUT2D eigenvalue weighted by Crippen LogP contribution is 2.33. The van der Waals surface area contributed by atoms with Crippen LogP contribution < -0.4 is 9.46 Å². The van der Waals surface area contributed by atoms with Crippen molar-refractivity contribution in [1.29, 1.82) is 0 Å². The molecule has 0 bridgehead atoms. The fourth-order valence-electron chi connectivity index (χ4n) is 4.31. The molecule has 0 spiro atoms. The fourth-order valence-corrected chi connectivity index (χ4v) is 5.69. The predicted molar refractivity (Wildman–Crippen MR) is 142 cm³/mol. The summed E-state index contributed by atoms with van der Waals surface area (Å²) < 4.78 is 38.9. The van der Waals surface area contributed by atoms with Crippen molar-refractivity contribution in [3.63, 3.8) is 0 Å². The van der Waals surface area contributed by atoms with E-state index in [-0.39, 0.29) is 16.8 Å². The number of hydrogen-bond acceptors (Lipinski definition) is 5. The number of amides is 1. The van der Waals surface area contributed by atoms with Crippen molar-refractivity contribution in [3.8, 4) is 5.75 Å². The number of carbonyl (C=O) groups excluding carboxylic acids is 1. The quantitative estimate of drug-likeness (QED) is 0.424. The third kappa shape index (κ3) is 7.00. The van der Waals surface area contributed by atoms with Gasteiger partial charge < -0.3 is 14.4 Å². The predicted octanol–water partition coefficient (Wildman–Crippen LogP) is 4.60. The van der Waals surface area contributed by atoms with Crippen LogP contribution in [0.1, 0.15) is 50.8 Å². The van der Waals surface area contributed by atoms with Crippen molar-refractivity contribution in [3.05, 3.63) is 58.1 Å². The van der Waals surface area contributed by atoms with Gasteiger partial charge in [0.2, 0.25) is 15.9 Å². The van der Waals surface area contributed by atoms with E-state index in [4.69, 9.17) is 21.1 Å². The molecular formula is C27H37ClN2O5S. The summed E-state index contributed by atoms with van der Waals surface area (Å²) in [4.78, 5) is 15.8. The van der Waals surface area contributed by atoms with E-state index in [1.807, 2.05) is 50.8 Å². The van der Waals surface area contributed by atoms with E-state index in [0.29, 0.717) is 49.9 Å². The Morgan fingerprint density at radius 1 is 1.11 bits per heavy atom. The second-order valence-electron chi connectivity index (χ2n) is 10.2. The lowest BCUT2D eigenvalue weighted by Crippen LogP contribution is -2.46. The highest BCUT2D eigenvalue weighted by Gasteiger charge is 2.36. The Labute approximate surface area is 220 Å². The second-order valence-corrected chi connectivity index (χ2v) is 12.4. The van der Waals surface area contributed by atoms with Crippen LogP contribution in [0, 0.1) is 5.41 Å². The van der Waals surface area contributed by atoms with Gasteiger partial charge in [0.05, 0.1) is 11.5 Å². The highest BCUT2D eigenvalue weighted by molar-refractivity contribution is 7.89. The third-order valence-electron chi connectivity index (χ3n) is 6.19. The summed E-state index contributed by atoms with van der Waals surface area (Å²) >= 11 is 6.31. The Bertz CT molecular complexity index is 1180. The topological polar surface area (TPSA) is 84.9 Å². The van der Waals surface area contributed by atoms with E-state index in [0.717, 1.165) is 23.1 Å². The number of rotatable bonds is 11. The summed E-state index contributed by atoms with van der Waals surface area (Å²) in [5, 5.41) is 0.566. The number of carbonyl (C=O) groups is 1. The van der Waals surface area contributed by atoms with Crippen LogP contribution in [-0.2, 0) is 38.9 Å². The zero-order valence-electron chi connectivity index (χ0n) is 21.8. The van der Waals surface area contributed by atoms with Gasteiger partial charge in [-0.3, -0.25) is 4.79 Å². The van der Waals surface area contributed by atoms with Crippen molar-refractivity contribution in [1.82, 2.24) is 9.62 Å². The van der Waals surface area contributed by atoms with Gasteiger partial charge in [0, 0.05) is 42.2 Å². The zero-order chi connectivity index (χ0) is 26.5. The smallest absolute Gasteiger partial charge is 0.240 e. The summed E-state index contributed by atoms with van der Waals surface area (Å²) in [6.45, 7) is 9.20. The molecule has 0 aromatic heterocycles. The molecule has 0 fully saturated rings. The Morgan fingerprint density at radius 2 is 1.83 bits per heavy atom. The molecule has 0 aliphatic heterocycles. The number of nitrogens with one attached hydrogen (secondary N) is 1. The molecule has 0 saturated heterocycles. The molecular weight excluding hydrogens is 500 g/mol. The molecule has 2 aromatic rings. The molecule has 0 heterocycles. The number of nitrogens with zero attached hydrogens (tertiary/aromatic N) is 1. The lowest BCUT2D eigenvalue weighted by atomic mass is 9.93. The Morgan fingerprint density at radius 3 is 2.50 bits per heavy atom. The molecule has 2 aromatic carbocycles. The summed E-state index contributed by atoms with van der Waals surface area (Å²) in [5.41, 5.74) is 2.24. The van der Waals surface area contributed by atoms with Crippen molar-refractivity contribution >= 4 is 27.5 Å². The summed E-state index contributed by atoms with van der Waals surface area (Å²) in [5.74, 6) is 0.676. The van der Waals surface area contributed by atoms with Crippen LogP contribution in [0.2, 0.25) is 5.02 Å². The minimum absolute atomic E-state index is 0.0144. The van der Waals surface area contributed by atoms with Gasteiger partial charge in [-0.2, -0.15) is 0 Å². The molecule has 1 N–H and O–H groups in total. The van der Waals surface area contributed by atoms with E-state index >= 15 is 0 Å². The molecule has 36 heavy (non-hydrogen) atoms. The number of hydrogen-bond donors (Lipinski definition) is 1. The van der Waals surface area contributed by atoms with Gasteiger partial charge in [0.15, 0.2) is 0 Å². The first-order chi connectivity index (χ1) is 17.0. The molecule has 0 saturated carbocycles. The minimum Gasteiger partial charge on any atom is -0.491 e. The first-order valence-electron chi connectivity index (χ1n) is 12.3. The average molecular weight is 537 g/mol. The first kappa shape index (κ1) is 28.4. The molecule has 1 aliphatic rings. The molecule has 1 atom stereocenters. The zero-order valence-corrected chi connectivity index (χ0v) is 23.3. The summed E-state index contributed by atoms with van der Waals surface area (Å²) in [6.07, 6.45) is 1.95. The molecule has 9 heteroatoms. The van der Waals surface area contributed by atoms with E-state index in [9.17, 15) is 13.2 Å². The van der Waals surface area contributed by atoms with Crippen molar-refractivity contribution in [2.75, 3.05) is 26.9 Å². The van der Waals surface area contributed by atoms with Crippen LogP contribution in [0.25, 0.3) is 0 Å². The third-order valence-corrected chi connectivity index (χ3v) is 7.89. The number of ether oxygens (including phenoxy) is 2. The lowest BCUT2D eigenvalue weighted by molar-refractivity contribution is -0.142. The Kier molecular flexibility index (Phi) is 9.44. The first-order valence-corrected chi connectivity index (χ1v) is 14.1. The van der Waals surface area contributed by atoms with Crippen LogP contribution >= 0.6 is 11.6 Å². The van der Waals surface area contributed by atoms with E-state index < -0.39 is 15.4 Å². The van der Waals surface area contributed by atoms with E-state index in [2.05, 4.69) is 4.72 Å². The van der Waals surface area contributed by atoms with Crippen LogP contribution in [0.4, 0.5) is 0 Å². The van der Waals surface area contributed by atoms with Gasteiger partial charge >= 0.3 is 0 Å². The van der Waals surface area contributed by atoms with E-state index in [1.54, 1.807) is 25.3 Å². The number of fused-ring (bicyclic) bond motifs is 1. The Hall–Kier alpha value is -2.13. The van der Waals surface area contributed by atoms with Gasteiger partial charge in [0.25, 0.3) is 0 Å². The largest absolute Gasteiger partial charge is 0.491 e. The minimum atomic E-state index is -3.56. The normalized spacial score (nSPS) is 15.6. The Balaban J connectivity index is 1.90. The van der Waals surface area contributed by atoms with Crippen LogP contribution in [0.15, 0.2) is 41.3 Å². The maximum atomic E-state index is 13.6. The standard InChI is InChI=1S/C27H37ClN2O5S/c1-6-11-29-36(32,33)24-9-7-19-15-23(16-20(19)17-24)30(26(31)27(2,3)4)18-21-14-22(28)8-10-25(21)35-13-12-34-5/h7-10,14,17,23,29H,6,11-13,15-16,18H2,1-5H3.